The van der Waals surface area contributed by atoms with E-state index in [4.69, 9.17) is 10.3 Å². The molecule has 5 heteroatoms. The summed E-state index contributed by atoms with van der Waals surface area (Å²) in [7, 11) is -4.18. The highest BCUT2D eigenvalue weighted by molar-refractivity contribution is 7.85. The summed E-state index contributed by atoms with van der Waals surface area (Å²) >= 11 is 0. The van der Waals surface area contributed by atoms with Gasteiger partial charge in [-0.3, -0.25) is 4.55 Å². The van der Waals surface area contributed by atoms with Crippen molar-refractivity contribution in [3.63, 3.8) is 0 Å². The van der Waals surface area contributed by atoms with Crippen LogP contribution in [0.25, 0.3) is 10.8 Å². The van der Waals surface area contributed by atoms with Gasteiger partial charge in [-0.05, 0) is 66.4 Å². The molecule has 0 radical (unpaired) electrons. The van der Waals surface area contributed by atoms with E-state index in [0.29, 0.717) is 5.69 Å². The number of hydrogen-bond acceptors (Lipinski definition) is 3. The van der Waals surface area contributed by atoms with E-state index in [0.717, 1.165) is 27.5 Å². The molecule has 0 fully saturated rings. The molecule has 0 amide bonds. The summed E-state index contributed by atoms with van der Waals surface area (Å²) in [6, 6.07) is 4.76. The number of nitrogens with two attached hydrogens (primary N) is 1. The zero-order chi connectivity index (χ0) is 13.7. The molecule has 18 heavy (non-hydrogen) atoms. The van der Waals surface area contributed by atoms with E-state index in [2.05, 4.69) is 0 Å². The highest BCUT2D eigenvalue weighted by Crippen LogP contribution is 2.31. The quantitative estimate of drug-likeness (QED) is 0.613. The van der Waals surface area contributed by atoms with Gasteiger partial charge in [-0.2, -0.15) is 8.42 Å². The van der Waals surface area contributed by atoms with Gasteiger partial charge in [0, 0.05) is 5.69 Å². The lowest BCUT2D eigenvalue weighted by Crippen LogP contribution is -2.01. The molecule has 2 rings (SSSR count). The van der Waals surface area contributed by atoms with Crippen molar-refractivity contribution in [1.82, 2.24) is 0 Å². The lowest BCUT2D eigenvalue weighted by molar-refractivity contribution is 0.483. The van der Waals surface area contributed by atoms with Crippen molar-refractivity contribution in [3.05, 3.63) is 34.9 Å². The molecule has 96 valence electrons. The van der Waals surface area contributed by atoms with Gasteiger partial charge < -0.3 is 5.73 Å². The summed E-state index contributed by atoms with van der Waals surface area (Å²) in [5.74, 6) is 0. The highest BCUT2D eigenvalue weighted by atomic mass is 32.2. The Kier molecular flexibility index (Phi) is 2.83. The molecule has 4 nitrogen and oxygen atoms in total. The predicted molar refractivity (Wildman–Crippen MR) is 72.4 cm³/mol. The molecule has 2 aromatic rings. The minimum atomic E-state index is -4.18. The molecule has 0 aliphatic carbocycles. The Hall–Kier alpha value is -1.59. The molecule has 0 unspecified atom stereocenters. The van der Waals surface area contributed by atoms with E-state index in [1.54, 1.807) is 6.92 Å². The first kappa shape index (κ1) is 12.9. The van der Waals surface area contributed by atoms with Gasteiger partial charge in [0.1, 0.15) is 0 Å². The molecule has 0 saturated carbocycles. The Morgan fingerprint density at radius 3 is 2.22 bits per heavy atom. The van der Waals surface area contributed by atoms with Crippen LogP contribution in [0.5, 0.6) is 0 Å². The standard InChI is InChI=1S/C13H15NO3S/c1-7-5-11(18(15,16)17)6-10-4-8(2)13(14)9(3)12(7)10/h4-6H,14H2,1-3H3,(H,15,16,17). The fourth-order valence-corrected chi connectivity index (χ4v) is 2.90. The summed E-state index contributed by atoms with van der Waals surface area (Å²) in [6.07, 6.45) is 0. The maximum Gasteiger partial charge on any atom is 0.294 e. The van der Waals surface area contributed by atoms with Gasteiger partial charge in [0.2, 0.25) is 0 Å². The molecule has 0 aromatic heterocycles. The van der Waals surface area contributed by atoms with Crippen LogP contribution in [0.1, 0.15) is 16.7 Å². The molecular weight excluding hydrogens is 250 g/mol. The lowest BCUT2D eigenvalue weighted by atomic mass is 9.96. The Morgan fingerprint density at radius 1 is 1.06 bits per heavy atom. The van der Waals surface area contributed by atoms with Crippen molar-refractivity contribution in [2.45, 2.75) is 25.7 Å². The Morgan fingerprint density at radius 2 is 1.67 bits per heavy atom. The maximum absolute atomic E-state index is 11.2. The zero-order valence-electron chi connectivity index (χ0n) is 10.5. The fourth-order valence-electron chi connectivity index (χ4n) is 2.30. The second-order valence-corrected chi connectivity index (χ2v) is 5.97. The van der Waals surface area contributed by atoms with Crippen molar-refractivity contribution in [3.8, 4) is 0 Å². The van der Waals surface area contributed by atoms with Crippen LogP contribution in [0.4, 0.5) is 5.69 Å². The highest BCUT2D eigenvalue weighted by Gasteiger charge is 2.14. The van der Waals surface area contributed by atoms with E-state index >= 15 is 0 Å². The average molecular weight is 265 g/mol. The molecule has 0 aliphatic heterocycles. The third kappa shape index (κ3) is 1.95. The van der Waals surface area contributed by atoms with Gasteiger partial charge in [0.15, 0.2) is 0 Å². The van der Waals surface area contributed by atoms with Crippen LogP contribution >= 0.6 is 0 Å². The fraction of sp³-hybridized carbons (Fsp3) is 0.231. The first-order chi connectivity index (χ1) is 8.21. The van der Waals surface area contributed by atoms with E-state index in [1.807, 2.05) is 19.9 Å². The zero-order valence-corrected chi connectivity index (χ0v) is 11.3. The Balaban J connectivity index is 2.96. The van der Waals surface area contributed by atoms with Gasteiger partial charge >= 0.3 is 0 Å². The van der Waals surface area contributed by atoms with Crippen molar-refractivity contribution in [1.29, 1.82) is 0 Å². The summed E-state index contributed by atoms with van der Waals surface area (Å²) in [5.41, 5.74) is 9.30. The van der Waals surface area contributed by atoms with Crippen molar-refractivity contribution < 1.29 is 13.0 Å². The smallest absolute Gasteiger partial charge is 0.294 e. The minimum Gasteiger partial charge on any atom is -0.398 e. The van der Waals surface area contributed by atoms with Crippen molar-refractivity contribution >= 4 is 26.6 Å². The van der Waals surface area contributed by atoms with Crippen LogP contribution in [-0.2, 0) is 10.1 Å². The van der Waals surface area contributed by atoms with Crippen molar-refractivity contribution in [2.24, 2.45) is 0 Å². The van der Waals surface area contributed by atoms with Gasteiger partial charge in [-0.1, -0.05) is 0 Å². The lowest BCUT2D eigenvalue weighted by Gasteiger charge is -2.12. The molecule has 0 atom stereocenters. The van der Waals surface area contributed by atoms with Gasteiger partial charge in [-0.25, -0.2) is 0 Å². The minimum absolute atomic E-state index is 0.0870. The molecular formula is C13H15NO3S. The van der Waals surface area contributed by atoms with Crippen LogP contribution in [0.15, 0.2) is 23.1 Å². The van der Waals surface area contributed by atoms with Gasteiger partial charge in [0.05, 0.1) is 4.90 Å². The second kappa shape index (κ2) is 3.96. The molecule has 0 bridgehead atoms. The van der Waals surface area contributed by atoms with Gasteiger partial charge in [-0.15, -0.1) is 0 Å². The van der Waals surface area contributed by atoms with E-state index in [9.17, 15) is 8.42 Å². The van der Waals surface area contributed by atoms with Crippen LogP contribution in [0.3, 0.4) is 0 Å². The maximum atomic E-state index is 11.2. The number of anilines is 1. The summed E-state index contributed by atoms with van der Waals surface area (Å²) in [6.45, 7) is 5.58. The summed E-state index contributed by atoms with van der Waals surface area (Å²) in [5, 5.41) is 1.71. The number of hydrogen-bond donors (Lipinski definition) is 2. The summed E-state index contributed by atoms with van der Waals surface area (Å²) < 4.78 is 31.5. The third-order valence-corrected chi connectivity index (χ3v) is 4.04. The SMILES string of the molecule is Cc1cc2cc(S(=O)(=O)O)cc(C)c2c(C)c1N. The first-order valence-electron chi connectivity index (χ1n) is 5.49. The van der Waals surface area contributed by atoms with Crippen LogP contribution in [0, 0.1) is 20.8 Å². The molecule has 2 aromatic carbocycles. The van der Waals surface area contributed by atoms with Crippen LogP contribution in [-0.4, -0.2) is 13.0 Å². The first-order valence-corrected chi connectivity index (χ1v) is 6.93. The average Bonchev–Trinajstić information content (AvgIpc) is 2.23. The largest absolute Gasteiger partial charge is 0.398 e. The van der Waals surface area contributed by atoms with Gasteiger partial charge in [0.25, 0.3) is 10.1 Å². The topological polar surface area (TPSA) is 80.4 Å². The number of nitrogen functional groups attached to an aromatic ring is 1. The van der Waals surface area contributed by atoms with Crippen LogP contribution in [0.2, 0.25) is 0 Å². The predicted octanol–water partition coefficient (Wildman–Crippen LogP) is 2.59. The third-order valence-electron chi connectivity index (χ3n) is 3.21. The molecule has 0 aliphatic rings. The monoisotopic (exact) mass is 265 g/mol. The second-order valence-electron chi connectivity index (χ2n) is 4.55. The number of benzene rings is 2. The van der Waals surface area contributed by atoms with E-state index in [1.165, 1.54) is 12.1 Å². The number of rotatable bonds is 1. The summed E-state index contributed by atoms with van der Waals surface area (Å²) in [4.78, 5) is -0.0870. The normalized spacial score (nSPS) is 12.0. The van der Waals surface area contributed by atoms with E-state index in [-0.39, 0.29) is 4.90 Å². The molecule has 0 heterocycles. The van der Waals surface area contributed by atoms with E-state index < -0.39 is 10.1 Å². The molecule has 0 spiro atoms. The molecule has 3 N–H and O–H groups in total. The molecule has 0 saturated heterocycles. The number of fused-ring (bicyclic) bond motifs is 1. The Labute approximate surface area is 106 Å². The number of aryl methyl sites for hydroxylation is 3. The van der Waals surface area contributed by atoms with Crippen molar-refractivity contribution in [2.75, 3.05) is 5.73 Å². The van der Waals surface area contributed by atoms with Crippen LogP contribution < -0.4 is 5.73 Å². The Bertz CT molecular complexity index is 749.